The highest BCUT2D eigenvalue weighted by atomic mass is 15.1. The summed E-state index contributed by atoms with van der Waals surface area (Å²) in [6, 6.07) is 9.83. The van der Waals surface area contributed by atoms with Crippen LogP contribution in [0.1, 0.15) is 12.5 Å². The second kappa shape index (κ2) is 5.97. The van der Waals surface area contributed by atoms with Gasteiger partial charge in [0.1, 0.15) is 18.0 Å². The minimum Gasteiger partial charge on any atom is -0.370 e. The SMILES string of the molecule is CCNc1cc(Nc2cccc(CN)c2)ncn1. The van der Waals surface area contributed by atoms with Crippen LogP contribution in [-0.2, 0) is 6.54 Å². The van der Waals surface area contributed by atoms with Crippen LogP contribution in [0.15, 0.2) is 36.7 Å². The number of benzene rings is 1. The van der Waals surface area contributed by atoms with Crippen LogP contribution in [0.25, 0.3) is 0 Å². The van der Waals surface area contributed by atoms with Crippen molar-refractivity contribution in [1.29, 1.82) is 0 Å². The van der Waals surface area contributed by atoms with E-state index >= 15 is 0 Å². The molecular weight excluding hydrogens is 226 g/mol. The van der Waals surface area contributed by atoms with Crippen molar-refractivity contribution in [3.8, 4) is 0 Å². The molecule has 0 unspecified atom stereocenters. The normalized spacial score (nSPS) is 10.1. The molecule has 0 amide bonds. The van der Waals surface area contributed by atoms with E-state index in [0.29, 0.717) is 6.54 Å². The van der Waals surface area contributed by atoms with Crippen molar-refractivity contribution in [2.75, 3.05) is 17.2 Å². The Balaban J connectivity index is 2.14. The van der Waals surface area contributed by atoms with Crippen LogP contribution in [-0.4, -0.2) is 16.5 Å². The molecule has 94 valence electrons. The van der Waals surface area contributed by atoms with Gasteiger partial charge in [0.15, 0.2) is 0 Å². The molecule has 0 bridgehead atoms. The van der Waals surface area contributed by atoms with Gasteiger partial charge in [0.05, 0.1) is 0 Å². The summed E-state index contributed by atoms with van der Waals surface area (Å²) >= 11 is 0. The Hall–Kier alpha value is -2.14. The summed E-state index contributed by atoms with van der Waals surface area (Å²) in [5.41, 5.74) is 7.67. The van der Waals surface area contributed by atoms with Crippen molar-refractivity contribution in [1.82, 2.24) is 9.97 Å². The molecule has 4 N–H and O–H groups in total. The third kappa shape index (κ3) is 3.18. The fourth-order valence-corrected chi connectivity index (χ4v) is 1.63. The topological polar surface area (TPSA) is 75.9 Å². The quantitative estimate of drug-likeness (QED) is 0.750. The first-order valence-electron chi connectivity index (χ1n) is 5.93. The van der Waals surface area contributed by atoms with Crippen molar-refractivity contribution < 1.29 is 0 Å². The zero-order valence-electron chi connectivity index (χ0n) is 10.4. The minimum absolute atomic E-state index is 0.530. The summed E-state index contributed by atoms with van der Waals surface area (Å²) in [5.74, 6) is 1.57. The van der Waals surface area contributed by atoms with Crippen molar-refractivity contribution in [3.63, 3.8) is 0 Å². The maximum atomic E-state index is 5.61. The van der Waals surface area contributed by atoms with E-state index in [-0.39, 0.29) is 0 Å². The number of nitrogens with one attached hydrogen (secondary N) is 2. The molecule has 0 atom stereocenters. The standard InChI is InChI=1S/C13H17N5/c1-2-15-12-7-13(17-9-16-12)18-11-5-3-4-10(6-11)8-14/h3-7,9H,2,8,14H2,1H3,(H2,15,16,17,18). The average Bonchev–Trinajstić information content (AvgIpc) is 2.40. The zero-order valence-corrected chi connectivity index (χ0v) is 10.4. The molecule has 0 aliphatic carbocycles. The first-order chi connectivity index (χ1) is 8.81. The molecule has 0 aliphatic rings. The monoisotopic (exact) mass is 243 g/mol. The summed E-state index contributed by atoms with van der Waals surface area (Å²) in [6.07, 6.45) is 1.53. The molecule has 0 spiro atoms. The third-order valence-electron chi connectivity index (χ3n) is 2.46. The lowest BCUT2D eigenvalue weighted by Crippen LogP contribution is -2.02. The Labute approximate surface area is 106 Å². The van der Waals surface area contributed by atoms with Crippen molar-refractivity contribution in [2.24, 2.45) is 5.73 Å². The molecule has 0 saturated heterocycles. The number of aromatic nitrogens is 2. The number of hydrogen-bond acceptors (Lipinski definition) is 5. The lowest BCUT2D eigenvalue weighted by atomic mass is 10.2. The molecule has 0 aliphatic heterocycles. The summed E-state index contributed by atoms with van der Waals surface area (Å²) in [4.78, 5) is 8.30. The maximum Gasteiger partial charge on any atom is 0.135 e. The van der Waals surface area contributed by atoms with Gasteiger partial charge in [-0.2, -0.15) is 0 Å². The van der Waals surface area contributed by atoms with Gasteiger partial charge in [-0.25, -0.2) is 9.97 Å². The van der Waals surface area contributed by atoms with Gasteiger partial charge in [0.2, 0.25) is 0 Å². The van der Waals surface area contributed by atoms with Crippen LogP contribution in [0, 0.1) is 0 Å². The Kier molecular flexibility index (Phi) is 4.09. The molecule has 0 radical (unpaired) electrons. The summed E-state index contributed by atoms with van der Waals surface area (Å²) in [5, 5.41) is 6.38. The fourth-order valence-electron chi connectivity index (χ4n) is 1.63. The number of rotatable bonds is 5. The number of anilines is 3. The van der Waals surface area contributed by atoms with Crippen LogP contribution < -0.4 is 16.4 Å². The largest absolute Gasteiger partial charge is 0.370 e. The molecule has 1 aromatic heterocycles. The van der Waals surface area contributed by atoms with E-state index in [4.69, 9.17) is 5.73 Å². The molecule has 0 fully saturated rings. The lowest BCUT2D eigenvalue weighted by molar-refractivity contribution is 1.07. The van der Waals surface area contributed by atoms with Crippen molar-refractivity contribution >= 4 is 17.3 Å². The zero-order chi connectivity index (χ0) is 12.8. The van der Waals surface area contributed by atoms with Crippen molar-refractivity contribution in [2.45, 2.75) is 13.5 Å². The molecule has 0 saturated carbocycles. The van der Waals surface area contributed by atoms with Crippen LogP contribution in [0.5, 0.6) is 0 Å². The van der Waals surface area contributed by atoms with E-state index in [1.54, 1.807) is 0 Å². The number of hydrogen-bond donors (Lipinski definition) is 3. The van der Waals surface area contributed by atoms with Gasteiger partial charge in [-0.1, -0.05) is 12.1 Å². The van der Waals surface area contributed by atoms with Gasteiger partial charge < -0.3 is 16.4 Å². The smallest absolute Gasteiger partial charge is 0.135 e. The highest BCUT2D eigenvalue weighted by molar-refractivity contribution is 5.59. The van der Waals surface area contributed by atoms with Gasteiger partial charge in [0, 0.05) is 24.8 Å². The molecular formula is C13H17N5. The predicted molar refractivity (Wildman–Crippen MR) is 73.8 cm³/mol. The van der Waals surface area contributed by atoms with Gasteiger partial charge in [-0.05, 0) is 24.6 Å². The predicted octanol–water partition coefficient (Wildman–Crippen LogP) is 2.11. The highest BCUT2D eigenvalue weighted by Crippen LogP contribution is 2.17. The van der Waals surface area contributed by atoms with E-state index < -0.39 is 0 Å². The second-order valence-corrected chi connectivity index (χ2v) is 3.85. The maximum absolute atomic E-state index is 5.61. The summed E-state index contributed by atoms with van der Waals surface area (Å²) in [7, 11) is 0. The lowest BCUT2D eigenvalue weighted by Gasteiger charge is -2.08. The molecule has 18 heavy (non-hydrogen) atoms. The Bertz CT molecular complexity index is 512. The van der Waals surface area contributed by atoms with Crippen LogP contribution >= 0.6 is 0 Å². The fraction of sp³-hybridized carbons (Fsp3) is 0.231. The highest BCUT2D eigenvalue weighted by Gasteiger charge is 1.99. The van der Waals surface area contributed by atoms with E-state index in [1.165, 1.54) is 6.33 Å². The van der Waals surface area contributed by atoms with Gasteiger partial charge in [-0.3, -0.25) is 0 Å². The Morgan fingerprint density at radius 1 is 1.17 bits per heavy atom. The molecule has 2 rings (SSSR count). The van der Waals surface area contributed by atoms with Gasteiger partial charge in [0.25, 0.3) is 0 Å². The van der Waals surface area contributed by atoms with Crippen LogP contribution in [0.4, 0.5) is 17.3 Å². The molecule has 5 nitrogen and oxygen atoms in total. The molecule has 1 aromatic carbocycles. The van der Waals surface area contributed by atoms with Crippen molar-refractivity contribution in [3.05, 3.63) is 42.2 Å². The van der Waals surface area contributed by atoms with E-state index in [2.05, 4.69) is 20.6 Å². The van der Waals surface area contributed by atoms with Crippen LogP contribution in [0.2, 0.25) is 0 Å². The first-order valence-corrected chi connectivity index (χ1v) is 5.93. The van der Waals surface area contributed by atoms with Crippen LogP contribution in [0.3, 0.4) is 0 Å². The van der Waals surface area contributed by atoms with Gasteiger partial charge in [-0.15, -0.1) is 0 Å². The first kappa shape index (κ1) is 12.3. The molecule has 5 heteroatoms. The molecule has 1 heterocycles. The van der Waals surface area contributed by atoms with Gasteiger partial charge >= 0.3 is 0 Å². The second-order valence-electron chi connectivity index (χ2n) is 3.85. The number of nitrogens with two attached hydrogens (primary N) is 1. The summed E-state index contributed by atoms with van der Waals surface area (Å²) in [6.45, 7) is 3.39. The van der Waals surface area contributed by atoms with E-state index in [9.17, 15) is 0 Å². The Morgan fingerprint density at radius 2 is 2.00 bits per heavy atom. The number of nitrogens with zero attached hydrogens (tertiary/aromatic N) is 2. The minimum atomic E-state index is 0.530. The Morgan fingerprint density at radius 3 is 2.78 bits per heavy atom. The molecule has 2 aromatic rings. The van der Waals surface area contributed by atoms with E-state index in [0.717, 1.165) is 29.4 Å². The summed E-state index contributed by atoms with van der Waals surface area (Å²) < 4.78 is 0. The average molecular weight is 243 g/mol. The third-order valence-corrected chi connectivity index (χ3v) is 2.46. The van der Waals surface area contributed by atoms with E-state index in [1.807, 2.05) is 37.3 Å².